The zero-order valence-corrected chi connectivity index (χ0v) is 18.0. The molecular formula is C25H35N3O. The van der Waals surface area contributed by atoms with E-state index in [4.69, 9.17) is 5.26 Å². The summed E-state index contributed by atoms with van der Waals surface area (Å²) in [5, 5.41) is 13.2. The third-order valence-electron chi connectivity index (χ3n) is 9.69. The molecule has 4 fully saturated rings. The minimum atomic E-state index is 0.173. The summed E-state index contributed by atoms with van der Waals surface area (Å²) in [5.74, 6) is 5.92. The minimum absolute atomic E-state index is 0.173. The fourth-order valence-corrected chi connectivity index (χ4v) is 8.39. The first-order valence-corrected chi connectivity index (χ1v) is 11.9. The Bertz CT molecular complexity index is 822. The van der Waals surface area contributed by atoms with Crippen molar-refractivity contribution in [1.82, 2.24) is 9.78 Å². The zero-order valence-electron chi connectivity index (χ0n) is 18.0. The Hall–Kier alpha value is -1.63. The lowest BCUT2D eigenvalue weighted by atomic mass is 9.49. The number of Topliss-reactive ketones (excluding diaryl/α,β-unsaturated/α-hetero) is 1. The molecule has 4 saturated carbocycles. The highest BCUT2D eigenvalue weighted by molar-refractivity contribution is 5.82. The van der Waals surface area contributed by atoms with Crippen LogP contribution in [-0.4, -0.2) is 15.6 Å². The van der Waals surface area contributed by atoms with Crippen LogP contribution in [0.2, 0.25) is 0 Å². The summed E-state index contributed by atoms with van der Waals surface area (Å²) in [7, 11) is 0. The van der Waals surface area contributed by atoms with Crippen LogP contribution in [0.4, 0.5) is 0 Å². The lowest BCUT2D eigenvalue weighted by Gasteiger charge is -2.56. The van der Waals surface area contributed by atoms with Gasteiger partial charge in [-0.2, -0.15) is 10.4 Å². The Kier molecular flexibility index (Phi) is 4.84. The fourth-order valence-electron chi connectivity index (χ4n) is 8.39. The quantitative estimate of drug-likeness (QED) is 0.706. The normalized spacial score (nSPS) is 43.7. The van der Waals surface area contributed by atoms with Gasteiger partial charge in [-0.05, 0) is 92.3 Å². The Labute approximate surface area is 175 Å². The van der Waals surface area contributed by atoms with Gasteiger partial charge in [-0.25, -0.2) is 0 Å². The van der Waals surface area contributed by atoms with Gasteiger partial charge in [0.25, 0.3) is 0 Å². The van der Waals surface area contributed by atoms with Gasteiger partial charge in [-0.3, -0.25) is 9.48 Å². The van der Waals surface area contributed by atoms with Crippen molar-refractivity contribution in [3.8, 4) is 6.07 Å². The summed E-state index contributed by atoms with van der Waals surface area (Å²) in [5.41, 5.74) is 0.713. The smallest absolute Gasteiger partial charge is 0.157 e. The number of ketones is 1. The second-order valence-corrected chi connectivity index (χ2v) is 11.0. The molecule has 4 nitrogen and oxygen atoms in total. The van der Waals surface area contributed by atoms with Crippen LogP contribution in [0.5, 0.6) is 0 Å². The highest BCUT2D eigenvalue weighted by Crippen LogP contribution is 2.64. The van der Waals surface area contributed by atoms with E-state index in [0.29, 0.717) is 17.9 Å². The lowest BCUT2D eigenvalue weighted by molar-refractivity contribution is -0.131. The van der Waals surface area contributed by atoms with Crippen molar-refractivity contribution in [2.24, 2.45) is 46.8 Å². The molecule has 4 aliphatic carbocycles. The van der Waals surface area contributed by atoms with Gasteiger partial charge in [0.15, 0.2) is 5.78 Å². The highest BCUT2D eigenvalue weighted by Gasteiger charge is 2.58. The molecule has 0 N–H and O–H groups in total. The number of fused-ring (bicyclic) bond motifs is 5. The van der Waals surface area contributed by atoms with Gasteiger partial charge in [0.05, 0.1) is 18.3 Å². The summed E-state index contributed by atoms with van der Waals surface area (Å²) in [6.07, 6.45) is 15.3. The molecule has 0 bridgehead atoms. The van der Waals surface area contributed by atoms with Crippen molar-refractivity contribution in [3.63, 3.8) is 0 Å². The van der Waals surface area contributed by atoms with E-state index in [-0.39, 0.29) is 11.3 Å². The van der Waals surface area contributed by atoms with Gasteiger partial charge in [-0.1, -0.05) is 20.3 Å². The second-order valence-electron chi connectivity index (χ2n) is 11.0. The number of carbonyl (C=O) groups excluding carboxylic acids is 1. The summed E-state index contributed by atoms with van der Waals surface area (Å²) < 4.78 is 1.66. The molecule has 8 unspecified atom stereocenters. The van der Waals surface area contributed by atoms with Crippen molar-refractivity contribution < 1.29 is 4.79 Å². The summed E-state index contributed by atoms with van der Waals surface area (Å²) in [6, 6.07) is 2.10. The monoisotopic (exact) mass is 393 g/mol. The zero-order chi connectivity index (χ0) is 20.2. The lowest BCUT2D eigenvalue weighted by Crippen LogP contribution is -2.49. The van der Waals surface area contributed by atoms with E-state index in [1.165, 1.54) is 51.4 Å². The molecule has 1 heterocycles. The largest absolute Gasteiger partial charge is 0.297 e. The van der Waals surface area contributed by atoms with Crippen LogP contribution in [0.3, 0.4) is 0 Å². The molecule has 0 amide bonds. The number of carbonyl (C=O) groups is 1. The molecular weight excluding hydrogens is 358 g/mol. The van der Waals surface area contributed by atoms with Gasteiger partial charge >= 0.3 is 0 Å². The fraction of sp³-hybridized carbons (Fsp3) is 0.800. The van der Waals surface area contributed by atoms with E-state index in [0.717, 1.165) is 41.9 Å². The van der Waals surface area contributed by atoms with Crippen LogP contribution < -0.4 is 0 Å². The molecule has 1 aromatic rings. The van der Waals surface area contributed by atoms with Gasteiger partial charge in [0.2, 0.25) is 0 Å². The van der Waals surface area contributed by atoms with E-state index in [1.807, 2.05) is 0 Å². The second kappa shape index (κ2) is 7.25. The Balaban J connectivity index is 1.31. The highest BCUT2D eigenvalue weighted by atomic mass is 16.1. The predicted octanol–water partition coefficient (Wildman–Crippen LogP) is 5.23. The Morgan fingerprint density at radius 3 is 2.79 bits per heavy atom. The first kappa shape index (κ1) is 19.3. The van der Waals surface area contributed by atoms with Crippen LogP contribution in [0, 0.1) is 58.2 Å². The first-order chi connectivity index (χ1) is 14.0. The van der Waals surface area contributed by atoms with Crippen LogP contribution in [0.1, 0.15) is 77.2 Å². The number of aromatic nitrogens is 2. The third-order valence-corrected chi connectivity index (χ3v) is 9.69. The maximum atomic E-state index is 13.3. The number of hydrogen-bond acceptors (Lipinski definition) is 3. The maximum Gasteiger partial charge on any atom is 0.157 e. The van der Waals surface area contributed by atoms with Crippen LogP contribution in [0.25, 0.3) is 0 Å². The molecule has 0 aliphatic heterocycles. The predicted molar refractivity (Wildman–Crippen MR) is 112 cm³/mol. The molecule has 4 heteroatoms. The summed E-state index contributed by atoms with van der Waals surface area (Å²) in [4.78, 5) is 13.3. The molecule has 8 atom stereocenters. The number of nitriles is 1. The standard InChI is InChI=1S/C25H35N3O/c1-16-3-5-19-18(11-16)4-6-21-20(19)9-10-25(2)22(21)7-8-23(25)24(29)15-28-14-17(12-26)13-27-28/h13-14,16,18-23H,3-11,15H2,1-2H3. The van der Waals surface area contributed by atoms with Crippen LogP contribution in [0.15, 0.2) is 12.4 Å². The molecule has 0 radical (unpaired) electrons. The molecule has 1 aromatic heterocycles. The Morgan fingerprint density at radius 1 is 1.17 bits per heavy atom. The van der Waals surface area contributed by atoms with Crippen molar-refractivity contribution in [3.05, 3.63) is 18.0 Å². The Morgan fingerprint density at radius 2 is 2.00 bits per heavy atom. The van der Waals surface area contributed by atoms with E-state index in [2.05, 4.69) is 25.0 Å². The van der Waals surface area contributed by atoms with Crippen molar-refractivity contribution in [1.29, 1.82) is 5.26 Å². The third kappa shape index (κ3) is 3.16. The van der Waals surface area contributed by atoms with Gasteiger partial charge in [0.1, 0.15) is 6.07 Å². The first-order valence-electron chi connectivity index (χ1n) is 11.9. The molecule has 0 aromatic carbocycles. The molecule has 0 spiro atoms. The van der Waals surface area contributed by atoms with Crippen molar-refractivity contribution >= 4 is 5.78 Å². The SMILES string of the molecule is CC1CCC2C(CCC3C2CCC2(C)C(C(=O)Cn4cc(C#N)cn4)CCC32)C1. The van der Waals surface area contributed by atoms with E-state index < -0.39 is 0 Å². The average molecular weight is 394 g/mol. The molecule has 4 aliphatic rings. The van der Waals surface area contributed by atoms with Gasteiger partial charge in [-0.15, -0.1) is 0 Å². The molecule has 0 saturated heterocycles. The summed E-state index contributed by atoms with van der Waals surface area (Å²) >= 11 is 0. The number of nitrogens with zero attached hydrogens (tertiary/aromatic N) is 3. The van der Waals surface area contributed by atoms with E-state index in [1.54, 1.807) is 17.1 Å². The van der Waals surface area contributed by atoms with Gasteiger partial charge < -0.3 is 0 Å². The molecule has 29 heavy (non-hydrogen) atoms. The topological polar surface area (TPSA) is 58.7 Å². The average Bonchev–Trinajstić information content (AvgIpc) is 3.30. The van der Waals surface area contributed by atoms with E-state index >= 15 is 0 Å². The number of hydrogen-bond donors (Lipinski definition) is 0. The summed E-state index contributed by atoms with van der Waals surface area (Å²) in [6.45, 7) is 5.21. The van der Waals surface area contributed by atoms with Crippen molar-refractivity contribution in [2.45, 2.75) is 78.2 Å². The van der Waals surface area contributed by atoms with Crippen LogP contribution >= 0.6 is 0 Å². The van der Waals surface area contributed by atoms with E-state index in [9.17, 15) is 4.79 Å². The minimum Gasteiger partial charge on any atom is -0.297 e. The molecule has 5 rings (SSSR count). The number of rotatable bonds is 3. The maximum absolute atomic E-state index is 13.3. The van der Waals surface area contributed by atoms with Crippen molar-refractivity contribution in [2.75, 3.05) is 0 Å². The van der Waals surface area contributed by atoms with Crippen LogP contribution in [-0.2, 0) is 11.3 Å². The van der Waals surface area contributed by atoms with Gasteiger partial charge in [0, 0.05) is 12.1 Å². The molecule has 156 valence electrons.